The van der Waals surface area contributed by atoms with Crippen LogP contribution in [0.2, 0.25) is 0 Å². The molecule has 1 amide bonds. The van der Waals surface area contributed by atoms with E-state index in [2.05, 4.69) is 10.6 Å². The van der Waals surface area contributed by atoms with Crippen molar-refractivity contribution in [2.24, 2.45) is 5.92 Å². The van der Waals surface area contributed by atoms with Crippen molar-refractivity contribution in [3.05, 3.63) is 71.1 Å². The SMILES string of the molecule is C[C@@H]1[C@H](O)[C@H](C)N/C(=C\NC(=O)c2cccc3c2C(=O)c2ccccc2-3)[C@H]1O. The lowest BCUT2D eigenvalue weighted by Crippen LogP contribution is -2.53. The molecule has 6 heteroatoms. The third kappa shape index (κ3) is 2.82. The summed E-state index contributed by atoms with van der Waals surface area (Å²) in [6.07, 6.45) is -0.187. The van der Waals surface area contributed by atoms with Crippen LogP contribution in [0.1, 0.15) is 40.1 Å². The molecule has 0 spiro atoms. The van der Waals surface area contributed by atoms with Gasteiger partial charge in [0, 0.05) is 29.3 Å². The van der Waals surface area contributed by atoms with Gasteiger partial charge in [0.1, 0.15) is 0 Å². The molecule has 2 aromatic carbocycles. The molecule has 1 saturated heterocycles. The lowest BCUT2D eigenvalue weighted by atomic mass is 9.87. The molecule has 0 bridgehead atoms. The van der Waals surface area contributed by atoms with Gasteiger partial charge in [-0.3, -0.25) is 9.59 Å². The molecule has 0 aromatic heterocycles. The highest BCUT2D eigenvalue weighted by Crippen LogP contribution is 2.38. The zero-order valence-electron chi connectivity index (χ0n) is 15.6. The molecule has 0 radical (unpaired) electrons. The van der Waals surface area contributed by atoms with Crippen molar-refractivity contribution in [2.75, 3.05) is 0 Å². The Hall–Kier alpha value is -2.96. The Morgan fingerprint density at radius 3 is 2.46 bits per heavy atom. The average Bonchev–Trinajstić information content (AvgIpc) is 3.01. The summed E-state index contributed by atoms with van der Waals surface area (Å²) in [5, 5.41) is 26.0. The molecular weight excluding hydrogens is 356 g/mol. The van der Waals surface area contributed by atoms with Gasteiger partial charge in [-0.15, -0.1) is 0 Å². The van der Waals surface area contributed by atoms with Crippen molar-refractivity contribution in [1.29, 1.82) is 0 Å². The summed E-state index contributed by atoms with van der Waals surface area (Å²) in [5.74, 6) is -0.951. The number of carbonyl (C=O) groups is 2. The van der Waals surface area contributed by atoms with Crippen LogP contribution in [0.5, 0.6) is 0 Å². The van der Waals surface area contributed by atoms with Gasteiger partial charge in [0.15, 0.2) is 5.78 Å². The second kappa shape index (κ2) is 6.89. The van der Waals surface area contributed by atoms with E-state index in [-0.39, 0.29) is 17.7 Å². The minimum absolute atomic E-state index is 0.162. The van der Waals surface area contributed by atoms with Crippen LogP contribution in [0, 0.1) is 5.92 Å². The number of benzene rings is 2. The van der Waals surface area contributed by atoms with Crippen molar-refractivity contribution in [3.8, 4) is 11.1 Å². The van der Waals surface area contributed by atoms with Crippen LogP contribution in [0.4, 0.5) is 0 Å². The predicted octanol–water partition coefficient (Wildman–Crippen LogP) is 1.82. The number of amides is 1. The number of aliphatic hydroxyl groups is 2. The fourth-order valence-electron chi connectivity index (χ4n) is 3.97. The Balaban J connectivity index is 1.62. The first kappa shape index (κ1) is 18.4. The molecule has 144 valence electrons. The molecule has 2 aromatic rings. The molecule has 0 unspecified atom stereocenters. The number of hydrogen-bond acceptors (Lipinski definition) is 5. The summed E-state index contributed by atoms with van der Waals surface area (Å²) in [4.78, 5) is 25.6. The number of fused-ring (bicyclic) bond motifs is 3. The first-order valence-corrected chi connectivity index (χ1v) is 9.31. The van der Waals surface area contributed by atoms with Gasteiger partial charge in [-0.1, -0.05) is 43.3 Å². The third-order valence-electron chi connectivity index (χ3n) is 5.62. The molecule has 4 N–H and O–H groups in total. The van der Waals surface area contributed by atoms with E-state index in [9.17, 15) is 19.8 Å². The molecule has 1 aliphatic carbocycles. The number of carbonyl (C=O) groups excluding carboxylic acids is 2. The summed E-state index contributed by atoms with van der Waals surface area (Å²) >= 11 is 0. The molecule has 1 aliphatic heterocycles. The maximum atomic E-state index is 12.8. The minimum Gasteiger partial charge on any atom is -0.391 e. The predicted molar refractivity (Wildman–Crippen MR) is 105 cm³/mol. The van der Waals surface area contributed by atoms with Crippen LogP contribution in [0.3, 0.4) is 0 Å². The maximum absolute atomic E-state index is 12.8. The second-order valence-corrected chi connectivity index (χ2v) is 7.40. The van der Waals surface area contributed by atoms with Crippen molar-refractivity contribution >= 4 is 11.7 Å². The molecule has 1 heterocycles. The van der Waals surface area contributed by atoms with E-state index in [0.29, 0.717) is 22.4 Å². The number of ketones is 1. The summed E-state index contributed by atoms with van der Waals surface area (Å²) in [6, 6.07) is 12.3. The van der Waals surface area contributed by atoms with E-state index < -0.39 is 18.1 Å². The van der Waals surface area contributed by atoms with Crippen molar-refractivity contribution in [1.82, 2.24) is 10.6 Å². The number of nitrogens with one attached hydrogen (secondary N) is 2. The quantitative estimate of drug-likeness (QED) is 0.545. The Bertz CT molecular complexity index is 998. The van der Waals surface area contributed by atoms with E-state index in [1.165, 1.54) is 6.20 Å². The van der Waals surface area contributed by atoms with E-state index in [4.69, 9.17) is 0 Å². The van der Waals surface area contributed by atoms with Crippen LogP contribution < -0.4 is 10.6 Å². The van der Waals surface area contributed by atoms with E-state index in [0.717, 1.165) is 11.1 Å². The fraction of sp³-hybridized carbons (Fsp3) is 0.273. The number of aliphatic hydroxyl groups excluding tert-OH is 2. The lowest BCUT2D eigenvalue weighted by Gasteiger charge is -2.37. The van der Waals surface area contributed by atoms with Gasteiger partial charge in [-0.2, -0.15) is 0 Å². The van der Waals surface area contributed by atoms with Gasteiger partial charge in [0.2, 0.25) is 0 Å². The summed E-state index contributed by atoms with van der Waals surface area (Å²) in [5.41, 5.74) is 3.30. The zero-order valence-corrected chi connectivity index (χ0v) is 15.6. The van der Waals surface area contributed by atoms with Crippen molar-refractivity contribution in [2.45, 2.75) is 32.1 Å². The monoisotopic (exact) mass is 378 g/mol. The highest BCUT2D eigenvalue weighted by molar-refractivity contribution is 6.25. The molecular formula is C22H22N2O4. The smallest absolute Gasteiger partial charge is 0.256 e. The van der Waals surface area contributed by atoms with Gasteiger partial charge >= 0.3 is 0 Å². The molecule has 6 nitrogen and oxygen atoms in total. The molecule has 1 fully saturated rings. The topological polar surface area (TPSA) is 98.7 Å². The Morgan fingerprint density at radius 2 is 1.71 bits per heavy atom. The largest absolute Gasteiger partial charge is 0.391 e. The summed E-state index contributed by atoms with van der Waals surface area (Å²) < 4.78 is 0. The maximum Gasteiger partial charge on any atom is 0.256 e. The summed E-state index contributed by atoms with van der Waals surface area (Å²) in [7, 11) is 0. The first-order chi connectivity index (χ1) is 13.4. The van der Waals surface area contributed by atoms with Gasteiger partial charge < -0.3 is 20.8 Å². The second-order valence-electron chi connectivity index (χ2n) is 7.40. The van der Waals surface area contributed by atoms with E-state index >= 15 is 0 Å². The molecule has 4 atom stereocenters. The van der Waals surface area contributed by atoms with Gasteiger partial charge in [-0.25, -0.2) is 0 Å². The van der Waals surface area contributed by atoms with Crippen LogP contribution >= 0.6 is 0 Å². The molecule has 2 aliphatic rings. The van der Waals surface area contributed by atoms with Crippen LogP contribution in [0.15, 0.2) is 54.4 Å². The summed E-state index contributed by atoms with van der Waals surface area (Å²) in [6.45, 7) is 3.56. The first-order valence-electron chi connectivity index (χ1n) is 9.31. The molecule has 0 saturated carbocycles. The Morgan fingerprint density at radius 1 is 1.04 bits per heavy atom. The van der Waals surface area contributed by atoms with Crippen molar-refractivity contribution in [3.63, 3.8) is 0 Å². The normalized spacial score (nSPS) is 27.1. The van der Waals surface area contributed by atoms with Gasteiger partial charge in [0.05, 0.1) is 23.5 Å². The average molecular weight is 378 g/mol. The Kier molecular flexibility index (Phi) is 4.53. The number of piperidine rings is 1. The highest BCUT2D eigenvalue weighted by Gasteiger charge is 2.35. The third-order valence-corrected chi connectivity index (χ3v) is 5.62. The van der Waals surface area contributed by atoms with Crippen LogP contribution in [-0.2, 0) is 0 Å². The zero-order chi connectivity index (χ0) is 20.0. The Labute approximate surface area is 162 Å². The van der Waals surface area contributed by atoms with Crippen LogP contribution in [0.25, 0.3) is 11.1 Å². The van der Waals surface area contributed by atoms with Crippen LogP contribution in [-0.4, -0.2) is 40.2 Å². The van der Waals surface area contributed by atoms with Crippen molar-refractivity contribution < 1.29 is 19.8 Å². The van der Waals surface area contributed by atoms with Gasteiger partial charge in [0.25, 0.3) is 5.91 Å². The molecule has 28 heavy (non-hydrogen) atoms. The van der Waals surface area contributed by atoms with E-state index in [1.54, 1.807) is 31.2 Å². The van der Waals surface area contributed by atoms with Gasteiger partial charge in [-0.05, 0) is 24.1 Å². The van der Waals surface area contributed by atoms with E-state index in [1.807, 2.05) is 25.1 Å². The fourth-order valence-corrected chi connectivity index (χ4v) is 3.97. The minimum atomic E-state index is -0.918. The standard InChI is InChI=1S/C22H22N2O4/c1-11-19(25)12(2)24-17(20(11)26)10-23-22(28)16-9-5-8-14-13-6-3-4-7-15(13)21(27)18(14)16/h3-12,19-20,24-26H,1-2H3,(H,23,28)/b17-10-/t11-,12+,19+,20+/m1/s1. The molecule has 4 rings (SSSR count). The number of rotatable bonds is 2. The lowest BCUT2D eigenvalue weighted by molar-refractivity contribution is -0.00511. The number of hydrogen-bond donors (Lipinski definition) is 4. The highest BCUT2D eigenvalue weighted by atomic mass is 16.3.